The number of carbonyl (C=O) groups is 1. The Hall–Kier alpha value is -1.22. The average Bonchev–Trinajstić information content (AvgIpc) is 2.67. The van der Waals surface area contributed by atoms with Crippen molar-refractivity contribution in [2.75, 3.05) is 11.4 Å². The standard InChI is InChI=1S/C14H18ClNO2/c1-9(2)16-8-10(6-7-13(17)18)14-11(15)4-3-5-12(14)16/h3-5,9-10H,6-8H2,1-2H3,(H,17,18). The number of hydrogen-bond donors (Lipinski definition) is 1. The van der Waals surface area contributed by atoms with E-state index in [1.54, 1.807) is 0 Å². The lowest BCUT2D eigenvalue weighted by molar-refractivity contribution is -0.137. The highest BCUT2D eigenvalue weighted by Gasteiger charge is 2.31. The molecule has 0 saturated heterocycles. The summed E-state index contributed by atoms with van der Waals surface area (Å²) in [5, 5.41) is 9.58. The fourth-order valence-corrected chi connectivity index (χ4v) is 2.95. The lowest BCUT2D eigenvalue weighted by Gasteiger charge is -2.24. The average molecular weight is 268 g/mol. The van der Waals surface area contributed by atoms with E-state index in [1.807, 2.05) is 12.1 Å². The first kappa shape index (κ1) is 13.2. The van der Waals surface area contributed by atoms with Gasteiger partial charge in [-0.15, -0.1) is 0 Å². The van der Waals surface area contributed by atoms with Gasteiger partial charge in [0.2, 0.25) is 0 Å². The molecule has 0 bridgehead atoms. The van der Waals surface area contributed by atoms with Gasteiger partial charge in [0.1, 0.15) is 0 Å². The highest BCUT2D eigenvalue weighted by atomic mass is 35.5. The van der Waals surface area contributed by atoms with E-state index in [0.717, 1.165) is 22.8 Å². The van der Waals surface area contributed by atoms with Crippen molar-refractivity contribution < 1.29 is 9.90 Å². The second-order valence-corrected chi connectivity index (χ2v) is 5.46. The molecule has 1 aromatic carbocycles. The Balaban J connectivity index is 2.29. The Labute approximate surface area is 112 Å². The molecule has 4 heteroatoms. The smallest absolute Gasteiger partial charge is 0.303 e. The van der Waals surface area contributed by atoms with Gasteiger partial charge in [0, 0.05) is 35.6 Å². The molecule has 1 heterocycles. The van der Waals surface area contributed by atoms with Gasteiger partial charge < -0.3 is 10.0 Å². The molecular formula is C14H18ClNO2. The summed E-state index contributed by atoms with van der Waals surface area (Å²) in [6.45, 7) is 5.15. The minimum absolute atomic E-state index is 0.196. The topological polar surface area (TPSA) is 40.5 Å². The second kappa shape index (κ2) is 5.19. The predicted octanol–water partition coefficient (Wildman–Crippen LogP) is 3.52. The third kappa shape index (κ3) is 2.46. The first-order chi connectivity index (χ1) is 8.50. The minimum Gasteiger partial charge on any atom is -0.481 e. The number of benzene rings is 1. The van der Waals surface area contributed by atoms with Gasteiger partial charge in [-0.25, -0.2) is 0 Å². The number of fused-ring (bicyclic) bond motifs is 1. The molecule has 0 aromatic heterocycles. The molecule has 1 aromatic rings. The van der Waals surface area contributed by atoms with Crippen LogP contribution in [-0.2, 0) is 4.79 Å². The van der Waals surface area contributed by atoms with E-state index in [1.165, 1.54) is 0 Å². The quantitative estimate of drug-likeness (QED) is 0.907. The number of carboxylic acids is 1. The van der Waals surface area contributed by atoms with Gasteiger partial charge in [0.05, 0.1) is 0 Å². The van der Waals surface area contributed by atoms with Crippen molar-refractivity contribution in [1.82, 2.24) is 0 Å². The Morgan fingerprint density at radius 1 is 1.56 bits per heavy atom. The zero-order valence-corrected chi connectivity index (χ0v) is 11.4. The highest BCUT2D eigenvalue weighted by Crippen LogP contribution is 2.43. The molecular weight excluding hydrogens is 250 g/mol. The van der Waals surface area contributed by atoms with Crippen LogP contribution < -0.4 is 4.90 Å². The third-order valence-corrected chi connectivity index (χ3v) is 3.82. The van der Waals surface area contributed by atoms with Crippen LogP contribution in [0.4, 0.5) is 5.69 Å². The monoisotopic (exact) mass is 267 g/mol. The first-order valence-corrected chi connectivity index (χ1v) is 6.65. The molecule has 0 fully saturated rings. The van der Waals surface area contributed by atoms with Crippen LogP contribution >= 0.6 is 11.6 Å². The summed E-state index contributed by atoms with van der Waals surface area (Å²) in [5.74, 6) is -0.515. The molecule has 1 N–H and O–H groups in total. The van der Waals surface area contributed by atoms with Crippen molar-refractivity contribution in [3.8, 4) is 0 Å². The number of nitrogens with zero attached hydrogens (tertiary/aromatic N) is 1. The van der Waals surface area contributed by atoms with Crippen LogP contribution in [0.5, 0.6) is 0 Å². The lowest BCUT2D eigenvalue weighted by Crippen LogP contribution is -2.29. The van der Waals surface area contributed by atoms with Crippen molar-refractivity contribution in [3.05, 3.63) is 28.8 Å². The van der Waals surface area contributed by atoms with E-state index in [2.05, 4.69) is 24.8 Å². The Morgan fingerprint density at radius 3 is 2.89 bits per heavy atom. The number of carboxylic acid groups (broad SMARTS) is 1. The molecule has 2 rings (SSSR count). The Kier molecular flexibility index (Phi) is 3.81. The Bertz CT molecular complexity index is 459. The number of aliphatic carboxylic acids is 1. The summed E-state index contributed by atoms with van der Waals surface area (Å²) < 4.78 is 0. The van der Waals surface area contributed by atoms with Gasteiger partial charge in [0.25, 0.3) is 0 Å². The summed E-state index contributed by atoms with van der Waals surface area (Å²) in [6.07, 6.45) is 0.844. The minimum atomic E-state index is -0.744. The fraction of sp³-hybridized carbons (Fsp3) is 0.500. The molecule has 1 unspecified atom stereocenters. The number of rotatable bonds is 4. The zero-order valence-electron chi connectivity index (χ0n) is 10.7. The van der Waals surface area contributed by atoms with Crippen LogP contribution in [0.1, 0.15) is 38.2 Å². The maximum atomic E-state index is 10.7. The summed E-state index contributed by atoms with van der Waals surface area (Å²) in [4.78, 5) is 13.0. The van der Waals surface area contributed by atoms with E-state index in [9.17, 15) is 4.79 Å². The molecule has 1 aliphatic heterocycles. The van der Waals surface area contributed by atoms with E-state index in [4.69, 9.17) is 16.7 Å². The highest BCUT2D eigenvalue weighted by molar-refractivity contribution is 6.32. The van der Waals surface area contributed by atoms with E-state index >= 15 is 0 Å². The maximum Gasteiger partial charge on any atom is 0.303 e. The zero-order chi connectivity index (χ0) is 13.3. The molecule has 0 amide bonds. The maximum absolute atomic E-state index is 10.7. The van der Waals surface area contributed by atoms with Crippen molar-refractivity contribution in [1.29, 1.82) is 0 Å². The molecule has 0 saturated carbocycles. The summed E-state index contributed by atoms with van der Waals surface area (Å²) >= 11 is 6.28. The van der Waals surface area contributed by atoms with Crippen LogP contribution in [0.15, 0.2) is 18.2 Å². The van der Waals surface area contributed by atoms with Crippen molar-refractivity contribution in [2.45, 2.75) is 38.6 Å². The van der Waals surface area contributed by atoms with Crippen LogP contribution in [0, 0.1) is 0 Å². The molecule has 1 atom stereocenters. The molecule has 1 aliphatic rings. The van der Waals surface area contributed by atoms with Crippen molar-refractivity contribution in [3.63, 3.8) is 0 Å². The normalized spacial score (nSPS) is 18.2. The van der Waals surface area contributed by atoms with Gasteiger partial charge in [-0.2, -0.15) is 0 Å². The number of halogens is 1. The van der Waals surface area contributed by atoms with E-state index < -0.39 is 5.97 Å². The fourth-order valence-electron chi connectivity index (χ4n) is 2.63. The van der Waals surface area contributed by atoms with Gasteiger partial charge >= 0.3 is 5.97 Å². The van der Waals surface area contributed by atoms with E-state index in [0.29, 0.717) is 12.5 Å². The van der Waals surface area contributed by atoms with Crippen molar-refractivity contribution in [2.24, 2.45) is 0 Å². The van der Waals surface area contributed by atoms with Crippen LogP contribution in [0.25, 0.3) is 0 Å². The molecule has 0 radical (unpaired) electrons. The largest absolute Gasteiger partial charge is 0.481 e. The number of hydrogen-bond acceptors (Lipinski definition) is 2. The predicted molar refractivity (Wildman–Crippen MR) is 73.5 cm³/mol. The summed E-state index contributed by atoms with van der Waals surface area (Å²) in [6, 6.07) is 6.31. The van der Waals surface area contributed by atoms with Gasteiger partial charge in [0.15, 0.2) is 0 Å². The first-order valence-electron chi connectivity index (χ1n) is 6.27. The van der Waals surface area contributed by atoms with E-state index in [-0.39, 0.29) is 12.3 Å². The lowest BCUT2D eigenvalue weighted by atomic mass is 9.96. The molecule has 18 heavy (non-hydrogen) atoms. The molecule has 3 nitrogen and oxygen atoms in total. The SMILES string of the molecule is CC(C)N1CC(CCC(=O)O)c2c(Cl)cccc21. The molecule has 0 aliphatic carbocycles. The van der Waals surface area contributed by atoms with Crippen molar-refractivity contribution >= 4 is 23.3 Å². The molecule has 98 valence electrons. The summed E-state index contributed by atoms with van der Waals surface area (Å²) in [5.41, 5.74) is 2.28. The van der Waals surface area contributed by atoms with Gasteiger partial charge in [-0.1, -0.05) is 17.7 Å². The van der Waals surface area contributed by atoms with Gasteiger partial charge in [-0.05, 0) is 38.0 Å². The van der Waals surface area contributed by atoms with Crippen LogP contribution in [0.2, 0.25) is 5.02 Å². The van der Waals surface area contributed by atoms with Crippen LogP contribution in [-0.4, -0.2) is 23.7 Å². The van der Waals surface area contributed by atoms with Gasteiger partial charge in [-0.3, -0.25) is 4.79 Å². The number of anilines is 1. The van der Waals surface area contributed by atoms with Crippen LogP contribution in [0.3, 0.4) is 0 Å². The summed E-state index contributed by atoms with van der Waals surface area (Å²) in [7, 11) is 0. The Morgan fingerprint density at radius 2 is 2.28 bits per heavy atom. The second-order valence-electron chi connectivity index (χ2n) is 5.05. The molecule has 0 spiro atoms. The third-order valence-electron chi connectivity index (χ3n) is 3.49.